The Morgan fingerprint density at radius 1 is 1.34 bits per heavy atom. The van der Waals surface area contributed by atoms with E-state index in [1.54, 1.807) is 6.08 Å². The Kier molecular flexibility index (Phi) is 6.73. The Labute approximate surface area is 170 Å². The van der Waals surface area contributed by atoms with E-state index in [0.29, 0.717) is 10.1 Å². The summed E-state index contributed by atoms with van der Waals surface area (Å²) in [4.78, 5) is 15.3. The van der Waals surface area contributed by atoms with Gasteiger partial charge in [-0.05, 0) is 17.7 Å². The Bertz CT molecular complexity index is 1010. The molecule has 1 aromatic carbocycles. The smallest absolute Gasteiger partial charge is 0.333 e. The van der Waals surface area contributed by atoms with Crippen molar-refractivity contribution in [2.24, 2.45) is 5.73 Å². The third-order valence-electron chi connectivity index (χ3n) is 4.05. The van der Waals surface area contributed by atoms with Crippen LogP contribution in [0.15, 0.2) is 48.7 Å². The summed E-state index contributed by atoms with van der Waals surface area (Å²) in [6.45, 7) is -2.47. The van der Waals surface area contributed by atoms with Gasteiger partial charge in [0.2, 0.25) is 0 Å². The molecule has 0 fully saturated rings. The SMILES string of the molecule is NC(=O)NC(COCC=Cc1nc(Cl)cc2cnn(C(F)F)c12)c1ccccc1. The Hall–Kier alpha value is -3.04. The van der Waals surface area contributed by atoms with Crippen LogP contribution in [0.5, 0.6) is 0 Å². The summed E-state index contributed by atoms with van der Waals surface area (Å²) in [6.07, 6.45) is 4.46. The molecule has 0 saturated carbocycles. The number of nitrogens with two attached hydrogens (primary N) is 1. The molecule has 0 radical (unpaired) electrons. The Morgan fingerprint density at radius 3 is 2.79 bits per heavy atom. The van der Waals surface area contributed by atoms with E-state index in [4.69, 9.17) is 22.1 Å². The van der Waals surface area contributed by atoms with E-state index in [9.17, 15) is 13.6 Å². The van der Waals surface area contributed by atoms with Crippen LogP contribution in [-0.2, 0) is 4.74 Å². The maximum atomic E-state index is 13.2. The number of hydrogen-bond donors (Lipinski definition) is 2. The lowest BCUT2D eigenvalue weighted by atomic mass is 10.1. The molecular weight excluding hydrogens is 404 g/mol. The van der Waals surface area contributed by atoms with Crippen LogP contribution in [0, 0.1) is 0 Å². The number of amides is 2. The first kappa shape index (κ1) is 20.7. The first-order valence-electron chi connectivity index (χ1n) is 8.63. The summed E-state index contributed by atoms with van der Waals surface area (Å²) >= 11 is 5.96. The molecule has 29 heavy (non-hydrogen) atoms. The number of urea groups is 1. The molecule has 7 nitrogen and oxygen atoms in total. The second-order valence-corrected chi connectivity index (χ2v) is 6.43. The normalized spacial score (nSPS) is 12.7. The molecule has 1 unspecified atom stereocenters. The fourth-order valence-electron chi connectivity index (χ4n) is 2.83. The number of rotatable bonds is 8. The van der Waals surface area contributed by atoms with E-state index < -0.39 is 18.6 Å². The standard InChI is InChI=1S/C19H18ClF2N5O2/c20-16-9-13-10-24-27(18(21)22)17(13)14(25-16)7-4-8-29-11-15(26-19(23)28)12-5-2-1-3-6-12/h1-7,9-10,15,18H,8,11H2,(H3,23,26,28). The van der Waals surface area contributed by atoms with E-state index in [-0.39, 0.29) is 29.6 Å². The largest absolute Gasteiger partial charge is 0.375 e. The van der Waals surface area contributed by atoms with Crippen LogP contribution in [0.1, 0.15) is 23.8 Å². The van der Waals surface area contributed by atoms with Gasteiger partial charge in [-0.2, -0.15) is 13.9 Å². The van der Waals surface area contributed by atoms with Gasteiger partial charge in [0, 0.05) is 5.39 Å². The summed E-state index contributed by atoms with van der Waals surface area (Å²) in [6, 6.07) is 9.62. The minimum absolute atomic E-state index is 0.155. The van der Waals surface area contributed by atoms with E-state index in [1.807, 2.05) is 30.3 Å². The number of carbonyl (C=O) groups excluding carboxylic acids is 1. The number of carbonyl (C=O) groups is 1. The highest BCUT2D eigenvalue weighted by Gasteiger charge is 2.16. The van der Waals surface area contributed by atoms with E-state index in [1.165, 1.54) is 18.3 Å². The maximum Gasteiger partial charge on any atom is 0.333 e. The number of alkyl halides is 2. The predicted octanol–water partition coefficient (Wildman–Crippen LogP) is 3.92. The molecule has 152 valence electrons. The van der Waals surface area contributed by atoms with E-state index >= 15 is 0 Å². The van der Waals surface area contributed by atoms with Crippen LogP contribution in [0.25, 0.3) is 17.0 Å². The number of benzene rings is 1. The van der Waals surface area contributed by atoms with Crippen LogP contribution in [0.3, 0.4) is 0 Å². The number of aromatic nitrogens is 3. The number of pyridine rings is 1. The van der Waals surface area contributed by atoms with Gasteiger partial charge >= 0.3 is 12.6 Å². The van der Waals surface area contributed by atoms with E-state index in [0.717, 1.165) is 5.56 Å². The predicted molar refractivity (Wildman–Crippen MR) is 106 cm³/mol. The summed E-state index contributed by atoms with van der Waals surface area (Å²) in [5, 5.41) is 6.92. The van der Waals surface area contributed by atoms with Gasteiger partial charge in [0.15, 0.2) is 0 Å². The number of nitrogens with one attached hydrogen (secondary N) is 1. The van der Waals surface area contributed by atoms with Crippen LogP contribution in [-0.4, -0.2) is 34.0 Å². The zero-order chi connectivity index (χ0) is 20.8. The van der Waals surface area contributed by atoms with Crippen molar-refractivity contribution in [3.63, 3.8) is 0 Å². The van der Waals surface area contributed by atoms with Crippen LogP contribution >= 0.6 is 11.6 Å². The number of ether oxygens (including phenoxy) is 1. The van der Waals surface area contributed by atoms with Crippen molar-refractivity contribution in [3.8, 4) is 0 Å². The molecule has 0 saturated heterocycles. The zero-order valence-corrected chi connectivity index (χ0v) is 15.9. The van der Waals surface area contributed by atoms with Crippen molar-refractivity contribution in [2.45, 2.75) is 12.6 Å². The van der Waals surface area contributed by atoms with Crippen LogP contribution in [0.4, 0.5) is 13.6 Å². The third-order valence-corrected chi connectivity index (χ3v) is 4.24. The minimum atomic E-state index is -2.80. The molecule has 2 aromatic heterocycles. The molecule has 0 spiro atoms. The number of nitrogens with zero attached hydrogens (tertiary/aromatic N) is 3. The van der Waals surface area contributed by atoms with Crippen molar-refractivity contribution in [1.82, 2.24) is 20.1 Å². The zero-order valence-electron chi connectivity index (χ0n) is 15.1. The number of primary amides is 1. The third kappa shape index (κ3) is 5.27. The summed E-state index contributed by atoms with van der Waals surface area (Å²) in [7, 11) is 0. The second-order valence-electron chi connectivity index (χ2n) is 6.05. The fraction of sp³-hybridized carbons (Fsp3) is 0.211. The first-order chi connectivity index (χ1) is 14.0. The van der Waals surface area contributed by atoms with Crippen LogP contribution in [0.2, 0.25) is 5.15 Å². The molecule has 0 aliphatic carbocycles. The van der Waals surface area contributed by atoms with Crippen LogP contribution < -0.4 is 11.1 Å². The summed E-state index contributed by atoms with van der Waals surface area (Å²) < 4.78 is 32.5. The van der Waals surface area contributed by atoms with Gasteiger partial charge in [-0.25, -0.2) is 14.5 Å². The van der Waals surface area contributed by atoms with Gasteiger partial charge in [0.25, 0.3) is 0 Å². The van der Waals surface area contributed by atoms with Gasteiger partial charge < -0.3 is 15.8 Å². The molecule has 10 heteroatoms. The lowest BCUT2D eigenvalue weighted by molar-refractivity contribution is 0.0614. The average Bonchev–Trinajstić information content (AvgIpc) is 3.11. The molecule has 0 aliphatic rings. The Morgan fingerprint density at radius 2 is 2.10 bits per heavy atom. The van der Waals surface area contributed by atoms with Gasteiger partial charge in [-0.1, -0.05) is 48.0 Å². The molecule has 2 heterocycles. The van der Waals surface area contributed by atoms with Crippen molar-refractivity contribution in [3.05, 3.63) is 65.1 Å². The minimum Gasteiger partial charge on any atom is -0.375 e. The molecule has 3 rings (SSSR count). The Balaban J connectivity index is 1.68. The van der Waals surface area contributed by atoms with Gasteiger partial charge in [-0.15, -0.1) is 0 Å². The highest BCUT2D eigenvalue weighted by molar-refractivity contribution is 6.30. The lowest BCUT2D eigenvalue weighted by Gasteiger charge is -2.17. The topological polar surface area (TPSA) is 95.1 Å². The van der Waals surface area contributed by atoms with Crippen molar-refractivity contribution >= 4 is 34.6 Å². The van der Waals surface area contributed by atoms with Crippen molar-refractivity contribution in [2.75, 3.05) is 13.2 Å². The van der Waals surface area contributed by atoms with Crippen molar-refractivity contribution in [1.29, 1.82) is 0 Å². The molecule has 3 N–H and O–H groups in total. The van der Waals surface area contributed by atoms with Crippen molar-refractivity contribution < 1.29 is 18.3 Å². The molecule has 1 atom stereocenters. The molecule has 0 bridgehead atoms. The number of hydrogen-bond acceptors (Lipinski definition) is 4. The average molecular weight is 422 g/mol. The number of halogens is 3. The summed E-state index contributed by atoms with van der Waals surface area (Å²) in [5.74, 6) is 0. The molecule has 3 aromatic rings. The summed E-state index contributed by atoms with van der Waals surface area (Å²) in [5.41, 5.74) is 6.50. The maximum absolute atomic E-state index is 13.2. The highest BCUT2D eigenvalue weighted by Crippen LogP contribution is 2.25. The van der Waals surface area contributed by atoms with Gasteiger partial charge in [0.05, 0.1) is 31.1 Å². The lowest BCUT2D eigenvalue weighted by Crippen LogP contribution is -2.35. The fourth-order valence-corrected chi connectivity index (χ4v) is 3.04. The number of fused-ring (bicyclic) bond motifs is 1. The quantitative estimate of drug-likeness (QED) is 0.425. The first-order valence-corrected chi connectivity index (χ1v) is 9.00. The van der Waals surface area contributed by atoms with Gasteiger partial charge in [-0.3, -0.25) is 0 Å². The van der Waals surface area contributed by atoms with Gasteiger partial charge in [0.1, 0.15) is 10.7 Å². The second kappa shape index (κ2) is 9.44. The van der Waals surface area contributed by atoms with E-state index in [2.05, 4.69) is 15.4 Å². The highest BCUT2D eigenvalue weighted by atomic mass is 35.5. The molecule has 2 amide bonds. The monoisotopic (exact) mass is 421 g/mol. The molecule has 0 aliphatic heterocycles. The molecular formula is C19H18ClF2N5O2.